The van der Waals surface area contributed by atoms with Crippen molar-refractivity contribution >= 4 is 11.6 Å². The minimum absolute atomic E-state index is 0.457. The Bertz CT molecular complexity index is 576. The molecule has 1 fully saturated rings. The normalized spacial score (nSPS) is 21.5. The van der Waals surface area contributed by atoms with E-state index in [4.69, 9.17) is 15.2 Å². The summed E-state index contributed by atoms with van der Waals surface area (Å²) in [5.74, 6) is 2.62. The van der Waals surface area contributed by atoms with E-state index in [0.717, 1.165) is 36.7 Å². The maximum Gasteiger partial charge on any atom is 0.193 e. The molecule has 1 aromatic carbocycles. The number of guanidine groups is 1. The zero-order chi connectivity index (χ0) is 16.8. The number of aliphatic imine (C=N–C) groups is 1. The topological polar surface area (TPSA) is 72.1 Å². The lowest BCUT2D eigenvalue weighted by Gasteiger charge is -2.14. The quantitative estimate of drug-likeness (QED) is 0.639. The molecular weight excluding hydrogens is 304 g/mol. The van der Waals surface area contributed by atoms with Gasteiger partial charge in [0.15, 0.2) is 17.5 Å². The highest BCUT2D eigenvalue weighted by atomic mass is 16.5. The summed E-state index contributed by atoms with van der Waals surface area (Å²) in [5.41, 5.74) is 6.91. The number of anilines is 1. The van der Waals surface area contributed by atoms with Gasteiger partial charge in [-0.1, -0.05) is 6.92 Å². The SMILES string of the molecule is CCCN1CCC(CN=C(N)Nc2ccc3c(c2)OCCCO3)C1. The second-order valence-electron chi connectivity index (χ2n) is 6.52. The molecule has 3 rings (SSSR count). The largest absolute Gasteiger partial charge is 0.490 e. The molecule has 1 atom stereocenters. The molecule has 0 saturated carbocycles. The van der Waals surface area contributed by atoms with Gasteiger partial charge in [0.2, 0.25) is 0 Å². The Kier molecular flexibility index (Phi) is 5.80. The van der Waals surface area contributed by atoms with Crippen LogP contribution >= 0.6 is 0 Å². The number of fused-ring (bicyclic) bond motifs is 1. The molecule has 6 heteroatoms. The second-order valence-corrected chi connectivity index (χ2v) is 6.52. The average Bonchev–Trinajstić information content (AvgIpc) is 2.89. The van der Waals surface area contributed by atoms with Crippen LogP contribution in [0, 0.1) is 5.92 Å². The number of rotatable bonds is 5. The lowest BCUT2D eigenvalue weighted by Crippen LogP contribution is -2.25. The number of nitrogens with zero attached hydrogens (tertiary/aromatic N) is 2. The van der Waals surface area contributed by atoms with Gasteiger partial charge in [-0.3, -0.25) is 4.99 Å². The first-order valence-electron chi connectivity index (χ1n) is 8.93. The van der Waals surface area contributed by atoms with Crippen molar-refractivity contribution in [1.82, 2.24) is 4.90 Å². The first-order chi connectivity index (χ1) is 11.7. The number of nitrogens with two attached hydrogens (primary N) is 1. The molecule has 24 heavy (non-hydrogen) atoms. The number of ether oxygens (including phenoxy) is 2. The van der Waals surface area contributed by atoms with Crippen molar-refractivity contribution in [2.75, 3.05) is 44.7 Å². The van der Waals surface area contributed by atoms with Crippen LogP contribution < -0.4 is 20.5 Å². The zero-order valence-electron chi connectivity index (χ0n) is 14.5. The van der Waals surface area contributed by atoms with Crippen LogP contribution in [0.15, 0.2) is 23.2 Å². The summed E-state index contributed by atoms with van der Waals surface area (Å²) >= 11 is 0. The predicted octanol–water partition coefficient (Wildman–Crippen LogP) is 2.31. The van der Waals surface area contributed by atoms with E-state index in [2.05, 4.69) is 22.1 Å². The van der Waals surface area contributed by atoms with Crippen LogP contribution in [0.2, 0.25) is 0 Å². The Hall–Kier alpha value is -1.95. The van der Waals surface area contributed by atoms with Crippen LogP contribution in [0.25, 0.3) is 0 Å². The van der Waals surface area contributed by atoms with Gasteiger partial charge in [-0.25, -0.2) is 0 Å². The number of hydrogen-bond donors (Lipinski definition) is 2. The van der Waals surface area contributed by atoms with Gasteiger partial charge in [0.1, 0.15) is 0 Å². The van der Waals surface area contributed by atoms with E-state index in [1.807, 2.05) is 18.2 Å². The highest BCUT2D eigenvalue weighted by molar-refractivity contribution is 5.92. The van der Waals surface area contributed by atoms with E-state index < -0.39 is 0 Å². The highest BCUT2D eigenvalue weighted by Crippen LogP contribution is 2.32. The third-order valence-electron chi connectivity index (χ3n) is 4.45. The summed E-state index contributed by atoms with van der Waals surface area (Å²) in [6.45, 7) is 7.88. The van der Waals surface area contributed by atoms with Gasteiger partial charge in [-0.2, -0.15) is 0 Å². The molecule has 6 nitrogen and oxygen atoms in total. The molecule has 0 radical (unpaired) electrons. The molecule has 0 bridgehead atoms. The summed E-state index contributed by atoms with van der Waals surface area (Å²) in [4.78, 5) is 7.02. The molecule has 3 N–H and O–H groups in total. The molecule has 0 aliphatic carbocycles. The van der Waals surface area contributed by atoms with E-state index >= 15 is 0 Å². The first kappa shape index (κ1) is 16.9. The molecule has 1 saturated heterocycles. The van der Waals surface area contributed by atoms with Gasteiger partial charge in [-0.05, 0) is 44.0 Å². The van der Waals surface area contributed by atoms with Gasteiger partial charge in [0.25, 0.3) is 0 Å². The van der Waals surface area contributed by atoms with Crippen molar-refractivity contribution in [2.24, 2.45) is 16.6 Å². The van der Waals surface area contributed by atoms with Gasteiger partial charge >= 0.3 is 0 Å². The van der Waals surface area contributed by atoms with Crippen molar-refractivity contribution in [3.63, 3.8) is 0 Å². The second kappa shape index (κ2) is 8.24. The number of benzene rings is 1. The van der Waals surface area contributed by atoms with Crippen molar-refractivity contribution in [2.45, 2.75) is 26.2 Å². The van der Waals surface area contributed by atoms with E-state index in [9.17, 15) is 0 Å². The van der Waals surface area contributed by atoms with Crippen LogP contribution in [-0.4, -0.2) is 50.3 Å². The van der Waals surface area contributed by atoms with Crippen LogP contribution in [0.5, 0.6) is 11.5 Å². The smallest absolute Gasteiger partial charge is 0.193 e. The predicted molar refractivity (Wildman–Crippen MR) is 97.0 cm³/mol. The van der Waals surface area contributed by atoms with Crippen molar-refractivity contribution in [3.8, 4) is 11.5 Å². The minimum atomic E-state index is 0.457. The highest BCUT2D eigenvalue weighted by Gasteiger charge is 2.21. The zero-order valence-corrected chi connectivity index (χ0v) is 14.5. The molecule has 0 amide bonds. The standard InChI is InChI=1S/C18H28N4O2/c1-2-7-22-8-6-14(13-22)12-20-18(19)21-15-4-5-16-17(11-15)24-10-3-9-23-16/h4-5,11,14H,2-3,6-10,12-13H2,1H3,(H3,19,20,21). The fraction of sp³-hybridized carbons (Fsp3) is 0.611. The van der Waals surface area contributed by atoms with Crippen molar-refractivity contribution in [3.05, 3.63) is 18.2 Å². The first-order valence-corrected chi connectivity index (χ1v) is 8.93. The lowest BCUT2D eigenvalue weighted by atomic mass is 10.1. The molecule has 0 spiro atoms. The maximum atomic E-state index is 6.04. The number of hydrogen-bond acceptors (Lipinski definition) is 4. The third kappa shape index (κ3) is 4.54. The number of likely N-dealkylation sites (tertiary alicyclic amines) is 1. The molecule has 0 aromatic heterocycles. The molecule has 2 heterocycles. The number of nitrogens with one attached hydrogen (secondary N) is 1. The Balaban J connectivity index is 1.53. The average molecular weight is 332 g/mol. The van der Waals surface area contributed by atoms with Gasteiger partial charge in [-0.15, -0.1) is 0 Å². The van der Waals surface area contributed by atoms with Crippen LogP contribution in [0.1, 0.15) is 26.2 Å². The summed E-state index contributed by atoms with van der Waals surface area (Å²) in [7, 11) is 0. The Labute approximate surface area is 144 Å². The van der Waals surface area contributed by atoms with E-state index in [1.54, 1.807) is 0 Å². The molecule has 2 aliphatic heterocycles. The molecule has 1 unspecified atom stereocenters. The van der Waals surface area contributed by atoms with Crippen molar-refractivity contribution in [1.29, 1.82) is 0 Å². The molecule has 1 aromatic rings. The van der Waals surface area contributed by atoms with Crippen LogP contribution in [0.4, 0.5) is 5.69 Å². The van der Waals surface area contributed by atoms with Gasteiger partial charge in [0.05, 0.1) is 13.2 Å². The van der Waals surface area contributed by atoms with Gasteiger partial charge < -0.3 is 25.4 Å². The monoisotopic (exact) mass is 332 g/mol. The van der Waals surface area contributed by atoms with E-state index in [1.165, 1.54) is 25.9 Å². The lowest BCUT2D eigenvalue weighted by molar-refractivity contribution is 0.297. The van der Waals surface area contributed by atoms with Crippen LogP contribution in [0.3, 0.4) is 0 Å². The molecule has 132 valence electrons. The van der Waals surface area contributed by atoms with E-state index in [-0.39, 0.29) is 0 Å². The van der Waals surface area contributed by atoms with Crippen LogP contribution in [-0.2, 0) is 0 Å². The Morgan fingerprint density at radius 1 is 1.33 bits per heavy atom. The fourth-order valence-corrected chi connectivity index (χ4v) is 3.24. The summed E-state index contributed by atoms with van der Waals surface area (Å²) in [6, 6.07) is 5.77. The van der Waals surface area contributed by atoms with Gasteiger partial charge in [0, 0.05) is 31.3 Å². The van der Waals surface area contributed by atoms with E-state index in [0.29, 0.717) is 25.1 Å². The minimum Gasteiger partial charge on any atom is -0.490 e. The summed E-state index contributed by atoms with van der Waals surface area (Å²) in [5, 5.41) is 3.15. The fourth-order valence-electron chi connectivity index (χ4n) is 3.24. The maximum absolute atomic E-state index is 6.04. The Morgan fingerprint density at radius 3 is 3.00 bits per heavy atom. The molecular formula is C18H28N4O2. The van der Waals surface area contributed by atoms with Crippen molar-refractivity contribution < 1.29 is 9.47 Å². The Morgan fingerprint density at radius 2 is 2.17 bits per heavy atom. The summed E-state index contributed by atoms with van der Waals surface area (Å²) in [6.07, 6.45) is 3.32. The summed E-state index contributed by atoms with van der Waals surface area (Å²) < 4.78 is 11.3. The molecule has 2 aliphatic rings. The third-order valence-corrected chi connectivity index (χ3v) is 4.45.